The van der Waals surface area contributed by atoms with Crippen molar-refractivity contribution in [3.63, 3.8) is 0 Å². The highest BCUT2D eigenvalue weighted by molar-refractivity contribution is 5.85. The van der Waals surface area contributed by atoms with Crippen LogP contribution < -0.4 is 11.1 Å². The molecule has 5 heteroatoms. The zero-order valence-electron chi connectivity index (χ0n) is 10.2. The first kappa shape index (κ1) is 12.2. The van der Waals surface area contributed by atoms with Crippen molar-refractivity contribution in [2.24, 2.45) is 34.6 Å². The van der Waals surface area contributed by atoms with Gasteiger partial charge in [0.1, 0.15) is 5.84 Å². The molecule has 0 aliphatic heterocycles. The summed E-state index contributed by atoms with van der Waals surface area (Å²) < 4.78 is 0. The molecule has 0 aromatic heterocycles. The van der Waals surface area contributed by atoms with Crippen LogP contribution in [-0.4, -0.2) is 23.5 Å². The number of fused-ring (bicyclic) bond motifs is 1. The van der Waals surface area contributed by atoms with E-state index in [-0.39, 0.29) is 23.6 Å². The van der Waals surface area contributed by atoms with E-state index in [9.17, 15) is 4.79 Å². The Morgan fingerprint density at radius 3 is 2.59 bits per heavy atom. The fourth-order valence-electron chi connectivity index (χ4n) is 2.96. The monoisotopic (exact) mass is 239 g/mol. The van der Waals surface area contributed by atoms with Crippen LogP contribution in [0.3, 0.4) is 0 Å². The van der Waals surface area contributed by atoms with Gasteiger partial charge in [0.05, 0.1) is 0 Å². The second-order valence-electron chi connectivity index (χ2n) is 5.31. The summed E-state index contributed by atoms with van der Waals surface area (Å²) in [4.78, 5) is 11.9. The van der Waals surface area contributed by atoms with Gasteiger partial charge in [0, 0.05) is 18.4 Å². The van der Waals surface area contributed by atoms with E-state index in [4.69, 9.17) is 10.9 Å². The number of nitrogens with two attached hydrogens (primary N) is 1. The van der Waals surface area contributed by atoms with Crippen molar-refractivity contribution >= 4 is 11.7 Å². The lowest BCUT2D eigenvalue weighted by Gasteiger charge is -2.10. The highest BCUT2D eigenvalue weighted by Gasteiger charge is 2.54. The van der Waals surface area contributed by atoms with E-state index in [1.165, 1.54) is 25.7 Å². The van der Waals surface area contributed by atoms with Crippen LogP contribution in [0.25, 0.3) is 0 Å². The van der Waals surface area contributed by atoms with Crippen molar-refractivity contribution in [3.05, 3.63) is 0 Å². The molecule has 5 nitrogen and oxygen atoms in total. The van der Waals surface area contributed by atoms with Crippen molar-refractivity contribution in [2.45, 2.75) is 32.6 Å². The minimum absolute atomic E-state index is 0.121. The molecule has 0 bridgehead atoms. The topological polar surface area (TPSA) is 87.7 Å². The zero-order valence-corrected chi connectivity index (χ0v) is 10.2. The number of amides is 1. The molecule has 2 fully saturated rings. The summed E-state index contributed by atoms with van der Waals surface area (Å²) in [6.45, 7) is 2.28. The molecule has 3 atom stereocenters. The van der Waals surface area contributed by atoms with Crippen LogP contribution in [0.15, 0.2) is 5.16 Å². The maximum absolute atomic E-state index is 11.9. The second kappa shape index (κ2) is 4.94. The summed E-state index contributed by atoms with van der Waals surface area (Å²) in [5.41, 5.74) is 5.46. The van der Waals surface area contributed by atoms with E-state index in [0.717, 1.165) is 0 Å². The molecule has 0 spiro atoms. The lowest BCUT2D eigenvalue weighted by atomic mass is 10.0. The lowest BCUT2D eigenvalue weighted by molar-refractivity contribution is -0.122. The number of hydrogen-bond acceptors (Lipinski definition) is 3. The van der Waals surface area contributed by atoms with Crippen LogP contribution >= 0.6 is 0 Å². The zero-order chi connectivity index (χ0) is 12.4. The van der Waals surface area contributed by atoms with Gasteiger partial charge < -0.3 is 16.3 Å². The molecule has 2 aliphatic rings. The first-order chi connectivity index (χ1) is 8.15. The largest absolute Gasteiger partial charge is 0.409 e. The Bertz CT molecular complexity index is 318. The first-order valence-electron chi connectivity index (χ1n) is 6.40. The molecule has 2 saturated carbocycles. The Morgan fingerprint density at radius 1 is 1.47 bits per heavy atom. The number of oxime groups is 1. The van der Waals surface area contributed by atoms with Gasteiger partial charge in [-0.25, -0.2) is 0 Å². The van der Waals surface area contributed by atoms with Crippen molar-refractivity contribution in [2.75, 3.05) is 6.54 Å². The average Bonchev–Trinajstić information content (AvgIpc) is 3.08. The smallest absolute Gasteiger partial charge is 0.223 e. The number of carbonyl (C=O) groups is 1. The fourth-order valence-corrected chi connectivity index (χ4v) is 2.96. The normalized spacial score (nSPS) is 33.7. The molecule has 4 N–H and O–H groups in total. The van der Waals surface area contributed by atoms with Crippen LogP contribution in [0.5, 0.6) is 0 Å². The maximum Gasteiger partial charge on any atom is 0.223 e. The summed E-state index contributed by atoms with van der Waals surface area (Å²) in [5, 5.41) is 14.4. The summed E-state index contributed by atoms with van der Waals surface area (Å²) in [6.07, 6.45) is 4.95. The summed E-state index contributed by atoms with van der Waals surface area (Å²) >= 11 is 0. The molecule has 17 heavy (non-hydrogen) atoms. The van der Waals surface area contributed by atoms with Gasteiger partial charge in [-0.05, 0) is 24.7 Å². The van der Waals surface area contributed by atoms with Crippen LogP contribution in [0.1, 0.15) is 32.6 Å². The Morgan fingerprint density at radius 2 is 2.06 bits per heavy atom. The molecule has 2 aliphatic carbocycles. The van der Waals surface area contributed by atoms with Gasteiger partial charge in [0.15, 0.2) is 0 Å². The molecule has 0 heterocycles. The molecule has 0 aromatic carbocycles. The van der Waals surface area contributed by atoms with Crippen molar-refractivity contribution in [1.82, 2.24) is 5.32 Å². The number of rotatable bonds is 4. The van der Waals surface area contributed by atoms with Gasteiger partial charge in [0.2, 0.25) is 5.91 Å². The van der Waals surface area contributed by atoms with Gasteiger partial charge >= 0.3 is 0 Å². The van der Waals surface area contributed by atoms with E-state index < -0.39 is 0 Å². The number of hydrogen-bond donors (Lipinski definition) is 3. The van der Waals surface area contributed by atoms with Gasteiger partial charge in [-0.3, -0.25) is 4.79 Å². The minimum atomic E-state index is -0.121. The van der Waals surface area contributed by atoms with E-state index in [1.54, 1.807) is 0 Å². The predicted octanol–water partition coefficient (Wildman–Crippen LogP) is 0.921. The highest BCUT2D eigenvalue weighted by Crippen LogP contribution is 2.55. The Balaban J connectivity index is 1.75. The summed E-state index contributed by atoms with van der Waals surface area (Å²) in [6, 6.07) is 0. The van der Waals surface area contributed by atoms with E-state index in [2.05, 4.69) is 10.5 Å². The lowest BCUT2D eigenvalue weighted by Crippen LogP contribution is -2.35. The van der Waals surface area contributed by atoms with Crippen LogP contribution in [-0.2, 0) is 4.79 Å². The Kier molecular flexibility index (Phi) is 3.54. The molecule has 1 amide bonds. The molecular weight excluding hydrogens is 218 g/mol. The predicted molar refractivity (Wildman–Crippen MR) is 64.5 cm³/mol. The first-order valence-corrected chi connectivity index (χ1v) is 6.40. The third kappa shape index (κ3) is 2.53. The van der Waals surface area contributed by atoms with E-state index in [0.29, 0.717) is 18.4 Å². The van der Waals surface area contributed by atoms with Crippen LogP contribution in [0, 0.1) is 23.7 Å². The standard InChI is InChI=1S/C12H21N3O2/c1-7(11(13)15-17)6-14-12(16)10-8-4-2-3-5-9(8)10/h7-10,17H,2-6H2,1H3,(H2,13,15)(H,14,16). The number of amidine groups is 1. The highest BCUT2D eigenvalue weighted by atomic mass is 16.4. The molecule has 0 radical (unpaired) electrons. The SMILES string of the molecule is CC(CNC(=O)C1C2CCCCC21)C(N)=NO. The summed E-state index contributed by atoms with van der Waals surface area (Å²) in [5.74, 6) is 1.69. The van der Waals surface area contributed by atoms with Gasteiger partial charge in [0.25, 0.3) is 0 Å². The van der Waals surface area contributed by atoms with Crippen molar-refractivity contribution < 1.29 is 10.0 Å². The third-order valence-electron chi connectivity index (χ3n) is 4.16. The third-order valence-corrected chi connectivity index (χ3v) is 4.16. The van der Waals surface area contributed by atoms with Gasteiger partial charge in [-0.2, -0.15) is 0 Å². The number of nitrogens with one attached hydrogen (secondary N) is 1. The quantitative estimate of drug-likeness (QED) is 0.295. The number of nitrogens with zero attached hydrogens (tertiary/aromatic N) is 1. The fraction of sp³-hybridized carbons (Fsp3) is 0.833. The van der Waals surface area contributed by atoms with Gasteiger partial charge in [-0.1, -0.05) is 24.9 Å². The molecule has 96 valence electrons. The van der Waals surface area contributed by atoms with Crippen molar-refractivity contribution in [1.29, 1.82) is 0 Å². The number of carbonyl (C=O) groups excluding carboxylic acids is 1. The van der Waals surface area contributed by atoms with Crippen molar-refractivity contribution in [3.8, 4) is 0 Å². The van der Waals surface area contributed by atoms with Gasteiger partial charge in [-0.15, -0.1) is 0 Å². The summed E-state index contributed by atoms with van der Waals surface area (Å²) in [7, 11) is 0. The maximum atomic E-state index is 11.9. The molecular formula is C12H21N3O2. The van der Waals surface area contributed by atoms with Crippen LogP contribution in [0.4, 0.5) is 0 Å². The molecule has 3 unspecified atom stereocenters. The van der Waals surface area contributed by atoms with Crippen LogP contribution in [0.2, 0.25) is 0 Å². The Labute approximate surface area is 101 Å². The minimum Gasteiger partial charge on any atom is -0.409 e. The average molecular weight is 239 g/mol. The van der Waals surface area contributed by atoms with E-state index in [1.807, 2.05) is 6.92 Å². The second-order valence-corrected chi connectivity index (χ2v) is 5.31. The van der Waals surface area contributed by atoms with E-state index >= 15 is 0 Å². The molecule has 2 rings (SSSR count). The molecule has 0 aromatic rings. The Hall–Kier alpha value is -1.26. The molecule has 0 saturated heterocycles.